The van der Waals surface area contributed by atoms with Crippen molar-refractivity contribution in [3.63, 3.8) is 0 Å². The maximum absolute atomic E-state index is 13.4. The van der Waals surface area contributed by atoms with E-state index in [0.29, 0.717) is 47.3 Å². The molecule has 1 N–H and O–H groups in total. The summed E-state index contributed by atoms with van der Waals surface area (Å²) in [6, 6.07) is 7.02. The van der Waals surface area contributed by atoms with E-state index >= 15 is 0 Å². The number of hydrogen-bond donors (Lipinski definition) is 1. The zero-order chi connectivity index (χ0) is 22.3. The van der Waals surface area contributed by atoms with Crippen molar-refractivity contribution >= 4 is 10.1 Å². The first-order valence-electron chi connectivity index (χ1n) is 13.5. The van der Waals surface area contributed by atoms with Crippen LogP contribution in [0.4, 0.5) is 0 Å². The van der Waals surface area contributed by atoms with E-state index in [9.17, 15) is 13.5 Å². The summed E-state index contributed by atoms with van der Waals surface area (Å²) in [6.07, 6.45) is 6.32. The Morgan fingerprint density at radius 1 is 0.909 bits per heavy atom. The van der Waals surface area contributed by atoms with Crippen molar-refractivity contribution in [2.24, 2.45) is 75.9 Å². The van der Waals surface area contributed by atoms with Crippen LogP contribution >= 0.6 is 0 Å². The first-order chi connectivity index (χ1) is 15.8. The lowest BCUT2D eigenvalue weighted by Crippen LogP contribution is -2.71. The molecule has 9 fully saturated rings. The summed E-state index contributed by atoms with van der Waals surface area (Å²) < 4.78 is 32.8. The van der Waals surface area contributed by atoms with Crippen molar-refractivity contribution in [3.8, 4) is 0 Å². The average Bonchev–Trinajstić information content (AvgIpc) is 3.55. The van der Waals surface area contributed by atoms with Gasteiger partial charge in [-0.2, -0.15) is 8.42 Å². The standard InChI is InChI=1S/C28H34O4S/c1-13-6-8-14(9-7-13)33(30,31)32-12-27-23-16-5-3-4-15(16)22-20(23)21-24(27)17-10-11-18-19(17)25(21)26(22,2)28(18,27)29/h6-9,15-25,29H,3-5,10-12H2,1-2H3/t15-,16+,17-,18+,19+,20+,21+,22-,23-,24+,25+,26-,27-,28-/m0/s1. The van der Waals surface area contributed by atoms with Crippen LogP contribution in [0.25, 0.3) is 0 Å². The summed E-state index contributed by atoms with van der Waals surface area (Å²) in [7, 11) is -3.85. The summed E-state index contributed by atoms with van der Waals surface area (Å²) in [4.78, 5) is 0.250. The lowest BCUT2D eigenvalue weighted by molar-refractivity contribution is -0.268. The van der Waals surface area contributed by atoms with E-state index in [0.717, 1.165) is 29.7 Å². The number of aliphatic hydroxyl groups is 1. The monoisotopic (exact) mass is 466 g/mol. The number of fused-ring (bicyclic) bond motifs is 1. The van der Waals surface area contributed by atoms with Crippen molar-refractivity contribution in [2.75, 3.05) is 6.61 Å². The largest absolute Gasteiger partial charge is 0.388 e. The van der Waals surface area contributed by atoms with E-state index in [1.807, 2.05) is 19.1 Å². The smallest absolute Gasteiger partial charge is 0.296 e. The van der Waals surface area contributed by atoms with E-state index in [-0.39, 0.29) is 22.3 Å². The van der Waals surface area contributed by atoms with Crippen LogP contribution in [0, 0.1) is 82.9 Å². The normalized spacial score (nSPS) is 61.7. The van der Waals surface area contributed by atoms with Crippen LogP contribution in [-0.2, 0) is 14.3 Å². The van der Waals surface area contributed by atoms with Crippen LogP contribution in [0.2, 0.25) is 0 Å². The summed E-state index contributed by atoms with van der Waals surface area (Å²) in [5, 5.41) is 13.1. The molecule has 0 aromatic heterocycles. The third-order valence-electron chi connectivity index (χ3n) is 13.7. The number of hydrogen-bond acceptors (Lipinski definition) is 4. The number of aryl methyl sites for hydroxylation is 1. The molecule has 9 aliphatic rings. The summed E-state index contributed by atoms with van der Waals surface area (Å²) in [5.74, 6) is 6.98. The minimum atomic E-state index is -3.85. The Labute approximate surface area is 196 Å². The molecule has 176 valence electrons. The fourth-order valence-corrected chi connectivity index (χ4v) is 14.9. The molecule has 5 heteroatoms. The van der Waals surface area contributed by atoms with Gasteiger partial charge < -0.3 is 5.11 Å². The highest BCUT2D eigenvalue weighted by atomic mass is 32.2. The maximum atomic E-state index is 13.4. The fraction of sp³-hybridized carbons (Fsp3) is 0.786. The lowest BCUT2D eigenvalue weighted by atomic mass is 9.43. The Morgan fingerprint density at radius 2 is 1.58 bits per heavy atom. The van der Waals surface area contributed by atoms with Gasteiger partial charge in [-0.25, -0.2) is 0 Å². The van der Waals surface area contributed by atoms with E-state index < -0.39 is 15.7 Å². The average molecular weight is 467 g/mol. The summed E-state index contributed by atoms with van der Waals surface area (Å²) >= 11 is 0. The van der Waals surface area contributed by atoms with Gasteiger partial charge in [0, 0.05) is 10.8 Å². The molecule has 9 bridgehead atoms. The van der Waals surface area contributed by atoms with Gasteiger partial charge in [-0.15, -0.1) is 0 Å². The van der Waals surface area contributed by atoms with Gasteiger partial charge in [0.1, 0.15) is 0 Å². The van der Waals surface area contributed by atoms with Crippen molar-refractivity contribution in [1.82, 2.24) is 0 Å². The van der Waals surface area contributed by atoms with Gasteiger partial charge in [-0.05, 0) is 110 Å². The molecule has 0 saturated heterocycles. The lowest BCUT2D eigenvalue weighted by Gasteiger charge is -2.64. The van der Waals surface area contributed by atoms with Crippen LogP contribution in [0.1, 0.15) is 44.6 Å². The fourth-order valence-electron chi connectivity index (χ4n) is 14.0. The van der Waals surface area contributed by atoms with Gasteiger partial charge in [0.25, 0.3) is 10.1 Å². The Balaban J connectivity index is 1.22. The van der Waals surface area contributed by atoms with Gasteiger partial charge in [-0.1, -0.05) is 31.0 Å². The molecule has 4 nitrogen and oxygen atoms in total. The second-order valence-electron chi connectivity index (χ2n) is 13.6. The van der Waals surface area contributed by atoms with Crippen LogP contribution < -0.4 is 0 Å². The van der Waals surface area contributed by atoms with Crippen LogP contribution in [0.3, 0.4) is 0 Å². The summed E-state index contributed by atoms with van der Waals surface area (Å²) in [6.45, 7) is 4.64. The molecule has 9 saturated carbocycles. The Hall–Kier alpha value is -0.910. The number of rotatable bonds is 4. The minimum absolute atomic E-state index is 0.0272. The molecule has 0 spiro atoms. The zero-order valence-electron chi connectivity index (χ0n) is 19.5. The Morgan fingerprint density at radius 3 is 2.33 bits per heavy atom. The molecule has 0 unspecified atom stereocenters. The highest BCUT2D eigenvalue weighted by Gasteiger charge is 2.99. The van der Waals surface area contributed by atoms with E-state index in [2.05, 4.69) is 6.92 Å². The van der Waals surface area contributed by atoms with E-state index in [4.69, 9.17) is 4.18 Å². The molecule has 1 aromatic rings. The molecular weight excluding hydrogens is 432 g/mol. The van der Waals surface area contributed by atoms with Crippen molar-refractivity contribution in [1.29, 1.82) is 0 Å². The van der Waals surface area contributed by atoms with Crippen molar-refractivity contribution < 1.29 is 17.7 Å². The van der Waals surface area contributed by atoms with Gasteiger partial charge in [-0.3, -0.25) is 4.18 Å². The molecule has 9 aliphatic carbocycles. The van der Waals surface area contributed by atoms with Crippen molar-refractivity contribution in [3.05, 3.63) is 29.8 Å². The van der Waals surface area contributed by atoms with Crippen LogP contribution in [0.15, 0.2) is 29.2 Å². The predicted molar refractivity (Wildman–Crippen MR) is 121 cm³/mol. The van der Waals surface area contributed by atoms with Crippen LogP contribution in [0.5, 0.6) is 0 Å². The minimum Gasteiger partial charge on any atom is -0.388 e. The first-order valence-corrected chi connectivity index (χ1v) is 14.9. The highest BCUT2D eigenvalue weighted by Crippen LogP contribution is 2.98. The highest BCUT2D eigenvalue weighted by molar-refractivity contribution is 7.86. The van der Waals surface area contributed by atoms with Gasteiger partial charge in [0.15, 0.2) is 0 Å². The summed E-state index contributed by atoms with van der Waals surface area (Å²) in [5.41, 5.74) is -0.0802. The predicted octanol–water partition coefficient (Wildman–Crippen LogP) is 4.26. The molecule has 1 aromatic carbocycles. The molecule has 14 atom stereocenters. The third-order valence-corrected chi connectivity index (χ3v) is 15.0. The zero-order valence-corrected chi connectivity index (χ0v) is 20.3. The Kier molecular flexibility index (Phi) is 3.08. The molecule has 0 aliphatic heterocycles. The van der Waals surface area contributed by atoms with E-state index in [1.165, 1.54) is 25.7 Å². The molecule has 33 heavy (non-hydrogen) atoms. The molecule has 0 radical (unpaired) electrons. The Bertz CT molecular complexity index is 1210. The topological polar surface area (TPSA) is 63.6 Å². The van der Waals surface area contributed by atoms with Gasteiger partial charge >= 0.3 is 0 Å². The van der Waals surface area contributed by atoms with Crippen LogP contribution in [-0.4, -0.2) is 25.7 Å². The quantitative estimate of drug-likeness (QED) is 0.674. The van der Waals surface area contributed by atoms with Crippen molar-refractivity contribution in [2.45, 2.75) is 56.4 Å². The molecule has 10 rings (SSSR count). The number of benzene rings is 1. The molecule has 0 amide bonds. The SMILES string of the molecule is Cc1ccc(S(=O)(=O)OC[C@@]23[C@@H]4[C@H]5CC[C@@H]6[C@@H]5[C@@H]5[C@@H]4[C@@H]4[C@H]([C@H]7CCC[C@H]7[C@@H]42)[C@]5(C)[C@@]63O)cc1. The maximum Gasteiger partial charge on any atom is 0.296 e. The molecule has 0 heterocycles. The molecular formula is C28H34O4S. The third kappa shape index (κ3) is 1.58. The van der Waals surface area contributed by atoms with Gasteiger partial charge in [0.05, 0.1) is 17.1 Å². The first kappa shape index (κ1) is 19.3. The van der Waals surface area contributed by atoms with Gasteiger partial charge in [0.2, 0.25) is 0 Å². The second kappa shape index (κ2) is 5.27. The van der Waals surface area contributed by atoms with E-state index in [1.54, 1.807) is 12.1 Å². The second-order valence-corrected chi connectivity index (χ2v) is 15.2.